The molecule has 2 fully saturated rings. The number of carbonyl (C=O) groups is 2. The van der Waals surface area contributed by atoms with Gasteiger partial charge in [-0.1, -0.05) is 26.0 Å². The number of nitrogens with zero attached hydrogens (tertiary/aromatic N) is 3. The van der Waals surface area contributed by atoms with E-state index in [1.165, 1.54) is 0 Å². The Morgan fingerprint density at radius 2 is 1.81 bits per heavy atom. The van der Waals surface area contributed by atoms with Crippen molar-refractivity contribution in [1.29, 1.82) is 0 Å². The topological polar surface area (TPSA) is 103 Å². The fraction of sp³-hybridized carbons (Fsp3) is 0.457. The first-order valence-electron chi connectivity index (χ1n) is 15.4. The van der Waals surface area contributed by atoms with Gasteiger partial charge < -0.3 is 19.8 Å². The molecule has 228 valence electrons. The number of rotatable bonds is 12. The number of amides is 1. The van der Waals surface area contributed by atoms with E-state index in [2.05, 4.69) is 23.7 Å². The van der Waals surface area contributed by atoms with Crippen molar-refractivity contribution in [2.45, 2.75) is 58.8 Å². The number of aryl methyl sites for hydroxylation is 1. The first kappa shape index (κ1) is 30.4. The molecule has 1 amide bonds. The van der Waals surface area contributed by atoms with E-state index in [0.717, 1.165) is 61.3 Å². The summed E-state index contributed by atoms with van der Waals surface area (Å²) in [7, 11) is 0. The smallest absolute Gasteiger partial charge is 0.303 e. The third kappa shape index (κ3) is 7.86. The van der Waals surface area contributed by atoms with Crippen molar-refractivity contribution in [2.24, 2.45) is 17.8 Å². The number of aromatic hydroxyl groups is 1. The predicted molar refractivity (Wildman–Crippen MR) is 168 cm³/mol. The highest BCUT2D eigenvalue weighted by Gasteiger charge is 2.34. The zero-order valence-corrected chi connectivity index (χ0v) is 25.4. The minimum Gasteiger partial charge on any atom is -0.508 e. The number of aromatic nitrogens is 1. The Balaban J connectivity index is 1.24. The van der Waals surface area contributed by atoms with E-state index in [1.807, 2.05) is 43.3 Å². The van der Waals surface area contributed by atoms with E-state index in [1.54, 1.807) is 29.3 Å². The maximum absolute atomic E-state index is 14.0. The summed E-state index contributed by atoms with van der Waals surface area (Å²) < 4.78 is 6.22. The molecule has 2 heterocycles. The second-order valence-corrected chi connectivity index (χ2v) is 12.6. The van der Waals surface area contributed by atoms with Crippen LogP contribution in [0.4, 0.5) is 11.5 Å². The molecule has 1 aromatic heterocycles. The van der Waals surface area contributed by atoms with Crippen LogP contribution in [-0.4, -0.2) is 53.3 Å². The average molecular weight is 586 g/mol. The molecular weight excluding hydrogens is 542 g/mol. The van der Waals surface area contributed by atoms with Crippen LogP contribution in [0.25, 0.3) is 0 Å². The summed E-state index contributed by atoms with van der Waals surface area (Å²) in [6, 6.07) is 16.8. The molecule has 1 aliphatic heterocycles. The van der Waals surface area contributed by atoms with Gasteiger partial charge in [0, 0.05) is 31.9 Å². The number of anilines is 2. The monoisotopic (exact) mass is 585 g/mol. The predicted octanol–water partition coefficient (Wildman–Crippen LogP) is 6.66. The Morgan fingerprint density at radius 3 is 2.49 bits per heavy atom. The number of piperidine rings is 1. The molecule has 2 N–H and O–H groups in total. The molecule has 2 aromatic carbocycles. The van der Waals surface area contributed by atoms with Crippen LogP contribution in [0.1, 0.15) is 73.4 Å². The van der Waals surface area contributed by atoms with Gasteiger partial charge >= 0.3 is 5.97 Å². The summed E-state index contributed by atoms with van der Waals surface area (Å²) in [5.74, 6) is 1.76. The number of benzene rings is 2. The van der Waals surface area contributed by atoms with Crippen LogP contribution in [-0.2, 0) is 4.79 Å². The minimum atomic E-state index is -0.758. The summed E-state index contributed by atoms with van der Waals surface area (Å²) in [5, 5.41) is 19.8. The van der Waals surface area contributed by atoms with Crippen molar-refractivity contribution in [1.82, 2.24) is 4.98 Å². The van der Waals surface area contributed by atoms with Crippen LogP contribution in [0.3, 0.4) is 0 Å². The first-order chi connectivity index (χ1) is 20.7. The molecular formula is C35H43N3O5. The molecule has 8 nitrogen and oxygen atoms in total. The number of carboxylic acid groups (broad SMARTS) is 1. The van der Waals surface area contributed by atoms with Crippen LogP contribution in [0.5, 0.6) is 11.5 Å². The van der Waals surface area contributed by atoms with E-state index in [9.17, 15) is 19.8 Å². The Hall–Kier alpha value is -4.07. The number of pyridine rings is 1. The number of aliphatic carboxylic acids is 1. The lowest BCUT2D eigenvalue weighted by atomic mass is 9.91. The van der Waals surface area contributed by atoms with Crippen LogP contribution in [0, 0.1) is 24.7 Å². The van der Waals surface area contributed by atoms with Gasteiger partial charge in [0.15, 0.2) is 0 Å². The first-order valence-corrected chi connectivity index (χ1v) is 15.4. The fourth-order valence-electron chi connectivity index (χ4n) is 6.05. The minimum absolute atomic E-state index is 0.0432. The van der Waals surface area contributed by atoms with Crippen molar-refractivity contribution in [3.05, 3.63) is 77.5 Å². The maximum atomic E-state index is 14.0. The summed E-state index contributed by atoms with van der Waals surface area (Å²) in [5.41, 5.74) is 3.38. The highest BCUT2D eigenvalue weighted by Crippen LogP contribution is 2.45. The molecule has 1 atom stereocenters. The molecule has 3 aromatic rings. The Bertz CT molecular complexity index is 1430. The number of phenolic OH excluding ortho intramolecular Hbond substituents is 1. The molecule has 43 heavy (non-hydrogen) atoms. The highest BCUT2D eigenvalue weighted by molar-refractivity contribution is 6.09. The van der Waals surface area contributed by atoms with Gasteiger partial charge in [-0.25, -0.2) is 4.98 Å². The zero-order chi connectivity index (χ0) is 30.5. The molecule has 1 saturated carbocycles. The van der Waals surface area contributed by atoms with Crippen LogP contribution in [0.2, 0.25) is 0 Å². The number of carbonyl (C=O) groups excluding carboxylic acids is 1. The van der Waals surface area contributed by atoms with Crippen molar-refractivity contribution < 1.29 is 24.5 Å². The van der Waals surface area contributed by atoms with Crippen LogP contribution in [0.15, 0.2) is 60.8 Å². The van der Waals surface area contributed by atoms with E-state index in [4.69, 9.17) is 4.74 Å². The third-order valence-corrected chi connectivity index (χ3v) is 8.49. The van der Waals surface area contributed by atoms with Gasteiger partial charge in [-0.05, 0) is 104 Å². The zero-order valence-electron chi connectivity index (χ0n) is 25.4. The normalized spacial score (nSPS) is 16.2. The number of hydrogen-bond donors (Lipinski definition) is 2. The number of ether oxygens (including phenoxy) is 1. The molecule has 0 radical (unpaired) electrons. The molecule has 2 aliphatic rings. The van der Waals surface area contributed by atoms with E-state index < -0.39 is 5.97 Å². The van der Waals surface area contributed by atoms with Gasteiger partial charge in [0.1, 0.15) is 17.3 Å². The quantitative estimate of drug-likeness (QED) is 0.245. The van der Waals surface area contributed by atoms with Crippen molar-refractivity contribution in [3.8, 4) is 11.5 Å². The van der Waals surface area contributed by atoms with Gasteiger partial charge in [-0.15, -0.1) is 0 Å². The Morgan fingerprint density at radius 1 is 1.05 bits per heavy atom. The molecule has 1 saturated heterocycles. The number of carboxylic acids is 1. The Labute approximate surface area is 254 Å². The molecule has 8 heteroatoms. The van der Waals surface area contributed by atoms with Gasteiger partial charge in [0.05, 0.1) is 24.3 Å². The van der Waals surface area contributed by atoms with Gasteiger partial charge in [0.2, 0.25) is 0 Å². The highest BCUT2D eigenvalue weighted by atomic mass is 16.5. The Kier molecular flexibility index (Phi) is 9.53. The average Bonchev–Trinajstić information content (AvgIpc) is 3.83. The standard InChI is InChI=1S/C35H43N3O5/c1-23(2)21-38(33-17-24(3)11-14-36-33)35(42)30-10-9-28(39)19-32(30)37-15-12-25(13-16-37)22-43-29-6-4-5-27(18-29)31(20-34(40)41)26-7-8-26/h4-6,9-11,14,17-19,23,25-26,31,39H,7-8,12-13,15-16,20-22H2,1-3H3,(H,40,41). The van der Waals surface area contributed by atoms with E-state index in [-0.39, 0.29) is 29.9 Å². The van der Waals surface area contributed by atoms with E-state index in [0.29, 0.717) is 36.4 Å². The second kappa shape index (κ2) is 13.5. The van der Waals surface area contributed by atoms with Crippen molar-refractivity contribution in [3.63, 3.8) is 0 Å². The summed E-state index contributed by atoms with van der Waals surface area (Å²) in [4.78, 5) is 33.8. The molecule has 1 unspecified atom stereocenters. The van der Waals surface area contributed by atoms with Gasteiger partial charge in [0.25, 0.3) is 5.91 Å². The SMILES string of the molecule is Cc1ccnc(N(CC(C)C)C(=O)c2ccc(O)cc2N2CCC(COc3cccc(C(CC(=O)O)C4CC4)c3)CC2)c1. The van der Waals surface area contributed by atoms with Crippen LogP contribution >= 0.6 is 0 Å². The number of hydrogen-bond acceptors (Lipinski definition) is 6. The maximum Gasteiger partial charge on any atom is 0.303 e. The number of phenols is 1. The lowest BCUT2D eigenvalue weighted by Gasteiger charge is -2.35. The summed E-state index contributed by atoms with van der Waals surface area (Å²) >= 11 is 0. The summed E-state index contributed by atoms with van der Waals surface area (Å²) in [6.07, 6.45) is 5.85. The second-order valence-electron chi connectivity index (χ2n) is 12.6. The summed E-state index contributed by atoms with van der Waals surface area (Å²) in [6.45, 7) is 8.76. The van der Waals surface area contributed by atoms with Crippen LogP contribution < -0.4 is 14.5 Å². The fourth-order valence-corrected chi connectivity index (χ4v) is 6.05. The van der Waals surface area contributed by atoms with E-state index >= 15 is 0 Å². The molecule has 0 spiro atoms. The van der Waals surface area contributed by atoms with Gasteiger partial charge in [-0.3, -0.25) is 14.5 Å². The molecule has 1 aliphatic carbocycles. The molecule has 0 bridgehead atoms. The largest absolute Gasteiger partial charge is 0.508 e. The van der Waals surface area contributed by atoms with Crippen molar-refractivity contribution in [2.75, 3.05) is 36.0 Å². The third-order valence-electron chi connectivity index (χ3n) is 8.49. The van der Waals surface area contributed by atoms with Gasteiger partial charge in [-0.2, -0.15) is 0 Å². The lowest BCUT2D eigenvalue weighted by molar-refractivity contribution is -0.137. The van der Waals surface area contributed by atoms with Crippen molar-refractivity contribution >= 4 is 23.4 Å². The molecule has 5 rings (SSSR count). The lowest BCUT2D eigenvalue weighted by Crippen LogP contribution is -2.39.